The smallest absolute Gasteiger partial charge is 0.140 e. The minimum atomic E-state index is -1.20. The van der Waals surface area contributed by atoms with Crippen LogP contribution in [0, 0.1) is 0 Å². The predicted octanol–water partition coefficient (Wildman–Crippen LogP) is 3.97. The van der Waals surface area contributed by atoms with Crippen molar-refractivity contribution in [2.75, 3.05) is 13.1 Å². The lowest BCUT2D eigenvalue weighted by Gasteiger charge is -2.13. The van der Waals surface area contributed by atoms with Crippen LogP contribution in [-0.2, 0) is 11.0 Å². The van der Waals surface area contributed by atoms with E-state index in [4.69, 9.17) is 23.2 Å². The molecule has 0 saturated heterocycles. The van der Waals surface area contributed by atoms with E-state index in [-0.39, 0.29) is 0 Å². The molecule has 0 fully saturated rings. The topological polar surface area (TPSA) is 20.3 Å². The summed E-state index contributed by atoms with van der Waals surface area (Å²) in [5.41, 5.74) is 0. The second-order valence-electron chi connectivity index (χ2n) is 4.06. The highest BCUT2D eigenvalue weighted by atomic mass is 35.5. The molecular formula is C11H19Cl2NOS. The quantitative estimate of drug-likeness (QED) is 0.648. The van der Waals surface area contributed by atoms with Crippen molar-refractivity contribution in [3.63, 3.8) is 0 Å². The molecule has 1 atom stereocenters. The van der Waals surface area contributed by atoms with E-state index in [2.05, 4.69) is 6.92 Å². The first kappa shape index (κ1) is 14.5. The van der Waals surface area contributed by atoms with Crippen LogP contribution in [-0.4, -0.2) is 21.6 Å². The summed E-state index contributed by atoms with van der Waals surface area (Å²) in [4.78, 5) is 0. The zero-order valence-corrected chi connectivity index (χ0v) is 12.0. The van der Waals surface area contributed by atoms with Crippen LogP contribution >= 0.6 is 23.2 Å². The molecule has 5 heteroatoms. The largest absolute Gasteiger partial charge is 0.236 e. The third-order valence-electron chi connectivity index (χ3n) is 2.68. The fourth-order valence-electron chi connectivity index (χ4n) is 1.71. The lowest BCUT2D eigenvalue weighted by atomic mass is 10.1. The first-order valence-corrected chi connectivity index (χ1v) is 7.74. The molecule has 1 heterocycles. The zero-order chi connectivity index (χ0) is 12.0. The van der Waals surface area contributed by atoms with Crippen molar-refractivity contribution < 1.29 is 4.21 Å². The van der Waals surface area contributed by atoms with Crippen LogP contribution in [0.3, 0.4) is 0 Å². The van der Waals surface area contributed by atoms with E-state index in [1.807, 2.05) is 4.31 Å². The molecule has 0 spiro atoms. The second kappa shape index (κ2) is 7.70. The molecule has 1 unspecified atom stereocenters. The monoisotopic (exact) mass is 283 g/mol. The Morgan fingerprint density at radius 2 is 1.81 bits per heavy atom. The van der Waals surface area contributed by atoms with Gasteiger partial charge in [-0.3, -0.25) is 0 Å². The number of hydrogen-bond acceptors (Lipinski definition) is 1. The SMILES string of the molecule is CCCCCCCCN1CC(Cl)=C(Cl)S1=O. The highest BCUT2D eigenvalue weighted by molar-refractivity contribution is 7.88. The summed E-state index contributed by atoms with van der Waals surface area (Å²) in [6.07, 6.45) is 7.43. The average molecular weight is 284 g/mol. The Labute approximate surface area is 111 Å². The minimum absolute atomic E-state index is 0.313. The van der Waals surface area contributed by atoms with Crippen LogP contribution in [0.5, 0.6) is 0 Å². The van der Waals surface area contributed by atoms with Crippen molar-refractivity contribution in [2.24, 2.45) is 0 Å². The van der Waals surface area contributed by atoms with Crippen LogP contribution in [0.4, 0.5) is 0 Å². The molecule has 0 saturated carbocycles. The molecule has 0 bridgehead atoms. The molecule has 94 valence electrons. The maximum Gasteiger partial charge on any atom is 0.140 e. The van der Waals surface area contributed by atoms with E-state index in [1.165, 1.54) is 32.1 Å². The average Bonchev–Trinajstić information content (AvgIpc) is 2.51. The molecule has 16 heavy (non-hydrogen) atoms. The molecular weight excluding hydrogens is 265 g/mol. The molecule has 0 radical (unpaired) electrons. The van der Waals surface area contributed by atoms with Gasteiger partial charge in [-0.2, -0.15) is 0 Å². The first-order chi connectivity index (χ1) is 7.66. The summed E-state index contributed by atoms with van der Waals surface area (Å²) in [7, 11) is -1.20. The van der Waals surface area contributed by atoms with Crippen molar-refractivity contribution in [1.82, 2.24) is 4.31 Å². The van der Waals surface area contributed by atoms with Gasteiger partial charge in [-0.05, 0) is 6.42 Å². The number of unbranched alkanes of at least 4 members (excludes halogenated alkanes) is 5. The van der Waals surface area contributed by atoms with Gasteiger partial charge in [0.1, 0.15) is 15.3 Å². The van der Waals surface area contributed by atoms with E-state index in [1.54, 1.807) is 0 Å². The van der Waals surface area contributed by atoms with Crippen LogP contribution in [0.15, 0.2) is 9.40 Å². The molecule has 2 nitrogen and oxygen atoms in total. The second-order valence-corrected chi connectivity index (χ2v) is 6.54. The van der Waals surface area contributed by atoms with Gasteiger partial charge < -0.3 is 0 Å². The number of rotatable bonds is 7. The molecule has 1 rings (SSSR count). The Balaban J connectivity index is 2.10. The zero-order valence-electron chi connectivity index (χ0n) is 9.68. The first-order valence-electron chi connectivity index (χ1n) is 5.87. The molecule has 0 N–H and O–H groups in total. The van der Waals surface area contributed by atoms with Crippen LogP contribution in [0.2, 0.25) is 0 Å². The lowest BCUT2D eigenvalue weighted by Crippen LogP contribution is -2.23. The fraction of sp³-hybridized carbons (Fsp3) is 0.818. The molecule has 0 aromatic carbocycles. The van der Waals surface area contributed by atoms with Gasteiger partial charge in [0.05, 0.1) is 5.03 Å². The Hall–Kier alpha value is 0.430. The summed E-state index contributed by atoms with van der Waals surface area (Å²) in [5.74, 6) is 0. The van der Waals surface area contributed by atoms with E-state index in [0.29, 0.717) is 15.9 Å². The van der Waals surface area contributed by atoms with Gasteiger partial charge in [0.25, 0.3) is 0 Å². The van der Waals surface area contributed by atoms with E-state index < -0.39 is 11.0 Å². The maximum atomic E-state index is 11.6. The molecule has 1 aliphatic heterocycles. The normalized spacial score (nSPS) is 22.1. The van der Waals surface area contributed by atoms with Crippen LogP contribution in [0.25, 0.3) is 0 Å². The Kier molecular flexibility index (Phi) is 6.97. The van der Waals surface area contributed by atoms with Crippen molar-refractivity contribution in [3.05, 3.63) is 9.40 Å². The highest BCUT2D eigenvalue weighted by Crippen LogP contribution is 2.28. The summed E-state index contributed by atoms with van der Waals surface area (Å²) >= 11 is 11.6. The number of halogens is 2. The Bertz CT molecular complexity index is 281. The van der Waals surface area contributed by atoms with E-state index in [9.17, 15) is 4.21 Å². The third-order valence-corrected chi connectivity index (χ3v) is 5.15. The Morgan fingerprint density at radius 1 is 1.19 bits per heavy atom. The van der Waals surface area contributed by atoms with Gasteiger partial charge in [0.2, 0.25) is 0 Å². The predicted molar refractivity (Wildman–Crippen MR) is 71.8 cm³/mol. The molecule has 1 aliphatic rings. The van der Waals surface area contributed by atoms with E-state index >= 15 is 0 Å². The summed E-state index contributed by atoms with van der Waals surface area (Å²) < 4.78 is 13.8. The van der Waals surface area contributed by atoms with Crippen molar-refractivity contribution in [3.8, 4) is 0 Å². The van der Waals surface area contributed by atoms with Gasteiger partial charge in [-0.25, -0.2) is 8.51 Å². The molecule has 0 aromatic heterocycles. The lowest BCUT2D eigenvalue weighted by molar-refractivity contribution is 0.464. The number of hydrogen-bond donors (Lipinski definition) is 0. The van der Waals surface area contributed by atoms with Gasteiger partial charge >= 0.3 is 0 Å². The summed E-state index contributed by atoms with van der Waals surface area (Å²) in [6.45, 7) is 3.58. The molecule has 0 aromatic rings. The van der Waals surface area contributed by atoms with Crippen molar-refractivity contribution in [1.29, 1.82) is 0 Å². The fourth-order valence-corrected chi connectivity index (χ4v) is 3.50. The summed E-state index contributed by atoms with van der Waals surface area (Å²) in [6, 6.07) is 0. The highest BCUT2D eigenvalue weighted by Gasteiger charge is 2.26. The minimum Gasteiger partial charge on any atom is -0.236 e. The van der Waals surface area contributed by atoms with Crippen molar-refractivity contribution >= 4 is 34.2 Å². The van der Waals surface area contributed by atoms with Gasteiger partial charge in [0.15, 0.2) is 0 Å². The Morgan fingerprint density at radius 3 is 2.38 bits per heavy atom. The van der Waals surface area contributed by atoms with E-state index in [0.717, 1.165) is 13.0 Å². The van der Waals surface area contributed by atoms with Crippen LogP contribution < -0.4 is 0 Å². The number of nitrogens with zero attached hydrogens (tertiary/aromatic N) is 1. The molecule has 0 aliphatic carbocycles. The maximum absolute atomic E-state index is 11.6. The standard InChI is InChI=1S/C11H19Cl2NOS/c1-2-3-4-5-6-7-8-14-9-10(12)11(13)16(14)15/h2-9H2,1H3. The van der Waals surface area contributed by atoms with Gasteiger partial charge in [-0.1, -0.05) is 62.2 Å². The van der Waals surface area contributed by atoms with Crippen molar-refractivity contribution in [2.45, 2.75) is 45.4 Å². The summed E-state index contributed by atoms with van der Waals surface area (Å²) in [5, 5.41) is 0.533. The van der Waals surface area contributed by atoms with Gasteiger partial charge in [0, 0.05) is 13.1 Å². The van der Waals surface area contributed by atoms with Crippen LogP contribution in [0.1, 0.15) is 45.4 Å². The molecule has 0 amide bonds. The third kappa shape index (κ3) is 4.36. The van der Waals surface area contributed by atoms with Gasteiger partial charge in [-0.15, -0.1) is 0 Å².